The van der Waals surface area contributed by atoms with Crippen molar-refractivity contribution in [3.8, 4) is 6.07 Å². The van der Waals surface area contributed by atoms with Crippen LogP contribution in [0.1, 0.15) is 18.4 Å². The lowest BCUT2D eigenvalue weighted by Crippen LogP contribution is -2.42. The van der Waals surface area contributed by atoms with Crippen LogP contribution in [0, 0.1) is 17.2 Å². The monoisotopic (exact) mass is 256 g/mol. The lowest BCUT2D eigenvalue weighted by molar-refractivity contribution is 0.377. The van der Waals surface area contributed by atoms with Crippen LogP contribution < -0.4 is 15.5 Å². The van der Waals surface area contributed by atoms with Crippen LogP contribution in [-0.2, 0) is 0 Å². The van der Waals surface area contributed by atoms with Gasteiger partial charge in [0.05, 0.1) is 23.0 Å². The molecular formula is C15H20N4. The molecule has 2 heterocycles. The third-order valence-corrected chi connectivity index (χ3v) is 4.04. The number of nitriles is 1. The van der Waals surface area contributed by atoms with Crippen molar-refractivity contribution in [2.75, 3.05) is 42.9 Å². The fourth-order valence-electron chi connectivity index (χ4n) is 3.05. The van der Waals surface area contributed by atoms with Crippen molar-refractivity contribution >= 4 is 11.4 Å². The van der Waals surface area contributed by atoms with Gasteiger partial charge in [-0.3, -0.25) is 0 Å². The van der Waals surface area contributed by atoms with Crippen molar-refractivity contribution in [3.05, 3.63) is 23.8 Å². The van der Waals surface area contributed by atoms with Crippen LogP contribution in [0.3, 0.4) is 0 Å². The molecule has 0 aromatic heterocycles. The Labute approximate surface area is 114 Å². The van der Waals surface area contributed by atoms with Gasteiger partial charge in [0, 0.05) is 19.6 Å². The first kappa shape index (κ1) is 12.3. The number of nitrogens with one attached hydrogen (secondary N) is 2. The minimum atomic E-state index is 0.729. The Kier molecular flexibility index (Phi) is 3.56. The molecule has 0 aliphatic carbocycles. The number of piperidine rings is 1. The highest BCUT2D eigenvalue weighted by molar-refractivity contribution is 5.73. The van der Waals surface area contributed by atoms with Gasteiger partial charge in [0.15, 0.2) is 0 Å². The Morgan fingerprint density at radius 1 is 1.37 bits per heavy atom. The predicted molar refractivity (Wildman–Crippen MR) is 77.5 cm³/mol. The van der Waals surface area contributed by atoms with Gasteiger partial charge in [0.2, 0.25) is 0 Å². The normalized spacial score (nSPS) is 22.3. The van der Waals surface area contributed by atoms with E-state index in [1.807, 2.05) is 12.1 Å². The first-order chi connectivity index (χ1) is 9.36. The van der Waals surface area contributed by atoms with Gasteiger partial charge in [-0.25, -0.2) is 0 Å². The zero-order valence-corrected chi connectivity index (χ0v) is 11.2. The predicted octanol–water partition coefficient (Wildman–Crippen LogP) is 1.79. The number of anilines is 2. The topological polar surface area (TPSA) is 51.1 Å². The summed E-state index contributed by atoms with van der Waals surface area (Å²) in [5, 5.41) is 15.8. The van der Waals surface area contributed by atoms with Crippen LogP contribution in [0.4, 0.5) is 11.4 Å². The molecule has 2 N–H and O–H groups in total. The van der Waals surface area contributed by atoms with Gasteiger partial charge in [-0.15, -0.1) is 0 Å². The van der Waals surface area contributed by atoms with E-state index in [0.29, 0.717) is 0 Å². The third kappa shape index (κ3) is 2.66. The molecular weight excluding hydrogens is 236 g/mol. The first-order valence-electron chi connectivity index (χ1n) is 7.10. The van der Waals surface area contributed by atoms with Gasteiger partial charge >= 0.3 is 0 Å². The Balaban J connectivity index is 1.76. The highest BCUT2D eigenvalue weighted by atomic mass is 15.2. The minimum Gasteiger partial charge on any atom is -0.382 e. The molecule has 0 amide bonds. The summed E-state index contributed by atoms with van der Waals surface area (Å²) in [4.78, 5) is 2.46. The Morgan fingerprint density at radius 3 is 3.11 bits per heavy atom. The van der Waals surface area contributed by atoms with E-state index >= 15 is 0 Å². The molecule has 4 nitrogen and oxygen atoms in total. The Morgan fingerprint density at radius 2 is 2.32 bits per heavy atom. The molecule has 1 unspecified atom stereocenters. The summed E-state index contributed by atoms with van der Waals surface area (Å²) in [5.41, 5.74) is 3.08. The lowest BCUT2D eigenvalue weighted by atomic mass is 9.98. The molecule has 1 aromatic carbocycles. The smallest absolute Gasteiger partial charge is 0.0992 e. The molecule has 1 aromatic rings. The minimum absolute atomic E-state index is 0.729. The Bertz CT molecular complexity index is 485. The summed E-state index contributed by atoms with van der Waals surface area (Å²) in [6.45, 7) is 5.43. The fraction of sp³-hybridized carbons (Fsp3) is 0.533. The molecule has 1 fully saturated rings. The molecule has 0 spiro atoms. The number of hydrogen-bond donors (Lipinski definition) is 2. The van der Waals surface area contributed by atoms with Crippen molar-refractivity contribution in [3.63, 3.8) is 0 Å². The summed E-state index contributed by atoms with van der Waals surface area (Å²) < 4.78 is 0. The zero-order valence-electron chi connectivity index (χ0n) is 11.2. The van der Waals surface area contributed by atoms with E-state index in [9.17, 15) is 0 Å². The van der Waals surface area contributed by atoms with Gasteiger partial charge in [-0.2, -0.15) is 5.26 Å². The number of nitrogens with zero attached hydrogens (tertiary/aromatic N) is 2. The summed E-state index contributed by atoms with van der Waals surface area (Å²) in [7, 11) is 0. The van der Waals surface area contributed by atoms with E-state index in [2.05, 4.69) is 27.7 Å². The van der Waals surface area contributed by atoms with Crippen molar-refractivity contribution in [1.82, 2.24) is 5.32 Å². The molecule has 100 valence electrons. The highest BCUT2D eigenvalue weighted by Crippen LogP contribution is 2.31. The third-order valence-electron chi connectivity index (χ3n) is 4.04. The summed E-state index contributed by atoms with van der Waals surface area (Å²) in [5.74, 6) is 0.746. The summed E-state index contributed by atoms with van der Waals surface area (Å²) in [6, 6.07) is 8.16. The molecule has 0 saturated carbocycles. The molecule has 19 heavy (non-hydrogen) atoms. The number of rotatable bonds is 2. The SMILES string of the molecule is N#Cc1ccc2c(c1)NCCN2CC1CCCNC1. The molecule has 4 heteroatoms. The maximum absolute atomic E-state index is 8.97. The molecule has 1 atom stereocenters. The van der Waals surface area contributed by atoms with E-state index in [0.717, 1.165) is 43.3 Å². The van der Waals surface area contributed by atoms with E-state index in [1.165, 1.54) is 25.1 Å². The summed E-state index contributed by atoms with van der Waals surface area (Å²) >= 11 is 0. The van der Waals surface area contributed by atoms with E-state index in [1.54, 1.807) is 0 Å². The second kappa shape index (κ2) is 5.50. The van der Waals surface area contributed by atoms with Crippen LogP contribution in [0.5, 0.6) is 0 Å². The van der Waals surface area contributed by atoms with Crippen molar-refractivity contribution in [2.45, 2.75) is 12.8 Å². The maximum atomic E-state index is 8.97. The Hall–Kier alpha value is -1.73. The van der Waals surface area contributed by atoms with Crippen molar-refractivity contribution < 1.29 is 0 Å². The molecule has 0 bridgehead atoms. The average molecular weight is 256 g/mol. The van der Waals surface area contributed by atoms with E-state index in [-0.39, 0.29) is 0 Å². The second-order valence-corrected chi connectivity index (χ2v) is 5.43. The van der Waals surface area contributed by atoms with Crippen LogP contribution in [0.25, 0.3) is 0 Å². The van der Waals surface area contributed by atoms with Crippen molar-refractivity contribution in [2.24, 2.45) is 5.92 Å². The fourth-order valence-corrected chi connectivity index (χ4v) is 3.05. The van der Waals surface area contributed by atoms with E-state index < -0.39 is 0 Å². The molecule has 0 radical (unpaired) electrons. The van der Waals surface area contributed by atoms with Gasteiger partial charge in [-0.1, -0.05) is 0 Å². The average Bonchev–Trinajstić information content (AvgIpc) is 2.48. The van der Waals surface area contributed by atoms with Gasteiger partial charge in [-0.05, 0) is 50.0 Å². The van der Waals surface area contributed by atoms with Crippen LogP contribution in [0.2, 0.25) is 0 Å². The number of fused-ring (bicyclic) bond motifs is 1. The highest BCUT2D eigenvalue weighted by Gasteiger charge is 2.21. The lowest BCUT2D eigenvalue weighted by Gasteiger charge is -2.36. The summed E-state index contributed by atoms with van der Waals surface area (Å²) in [6.07, 6.45) is 2.61. The van der Waals surface area contributed by atoms with Gasteiger partial charge < -0.3 is 15.5 Å². The van der Waals surface area contributed by atoms with Gasteiger partial charge in [0.25, 0.3) is 0 Å². The van der Waals surface area contributed by atoms with Crippen molar-refractivity contribution in [1.29, 1.82) is 5.26 Å². The van der Waals surface area contributed by atoms with Crippen LogP contribution in [0.15, 0.2) is 18.2 Å². The molecule has 3 rings (SSSR count). The molecule has 1 saturated heterocycles. The van der Waals surface area contributed by atoms with Crippen LogP contribution >= 0.6 is 0 Å². The number of benzene rings is 1. The van der Waals surface area contributed by atoms with Gasteiger partial charge in [0.1, 0.15) is 0 Å². The molecule has 2 aliphatic heterocycles. The maximum Gasteiger partial charge on any atom is 0.0992 e. The largest absolute Gasteiger partial charge is 0.382 e. The van der Waals surface area contributed by atoms with Crippen LogP contribution in [-0.4, -0.2) is 32.7 Å². The zero-order chi connectivity index (χ0) is 13.1. The second-order valence-electron chi connectivity index (χ2n) is 5.43. The van der Waals surface area contributed by atoms with E-state index in [4.69, 9.17) is 5.26 Å². The first-order valence-corrected chi connectivity index (χ1v) is 7.10. The standard InChI is InChI=1S/C15H20N4/c16-9-12-3-4-15-14(8-12)18-6-7-19(15)11-13-2-1-5-17-10-13/h3-4,8,13,17-18H,1-2,5-7,10-11H2. The quantitative estimate of drug-likeness (QED) is 0.847. The number of hydrogen-bond acceptors (Lipinski definition) is 4. The molecule has 2 aliphatic rings.